The van der Waals surface area contributed by atoms with Gasteiger partial charge in [-0.1, -0.05) is 51.4 Å². The zero-order valence-electron chi connectivity index (χ0n) is 11.3. The first-order valence-electron chi connectivity index (χ1n) is 6.51. The first kappa shape index (κ1) is 14.4. The molecule has 0 bridgehead atoms. The van der Waals surface area contributed by atoms with Crippen LogP contribution in [0, 0.1) is 0 Å². The maximum absolute atomic E-state index is 12.5. The van der Waals surface area contributed by atoms with Gasteiger partial charge in [-0.2, -0.15) is 0 Å². The van der Waals surface area contributed by atoms with Crippen molar-refractivity contribution in [3.05, 3.63) is 87.7 Å². The predicted molar refractivity (Wildman–Crippen MR) is 84.0 cm³/mol. The summed E-state index contributed by atoms with van der Waals surface area (Å²) in [6.07, 6.45) is 1.21. The summed E-state index contributed by atoms with van der Waals surface area (Å²) in [4.78, 5) is 24.9. The quantitative estimate of drug-likeness (QED) is 0.666. The Hall–Kier alpha value is -2.53. The van der Waals surface area contributed by atoms with E-state index in [1.54, 1.807) is 48.5 Å². The van der Waals surface area contributed by atoms with Crippen molar-refractivity contribution in [1.29, 1.82) is 0 Å². The van der Waals surface area contributed by atoms with E-state index in [9.17, 15) is 9.59 Å². The second kappa shape index (κ2) is 6.07. The molecule has 0 amide bonds. The molecule has 3 rings (SSSR count). The number of halogens is 1. The van der Waals surface area contributed by atoms with Crippen LogP contribution in [-0.2, 0) is 0 Å². The summed E-state index contributed by atoms with van der Waals surface area (Å²) < 4.78 is 5.72. The molecule has 5 heteroatoms. The largest absolute Gasteiger partial charge is 0.363 e. The Balaban J connectivity index is 1.97. The van der Waals surface area contributed by atoms with E-state index in [0.717, 1.165) is 4.47 Å². The van der Waals surface area contributed by atoms with Crippen LogP contribution in [0.2, 0.25) is 0 Å². The minimum absolute atomic E-state index is 0.0242. The van der Waals surface area contributed by atoms with E-state index in [2.05, 4.69) is 21.1 Å². The molecule has 0 aliphatic carbocycles. The Morgan fingerprint density at radius 3 is 2.18 bits per heavy atom. The molecule has 0 aliphatic rings. The van der Waals surface area contributed by atoms with Gasteiger partial charge in [-0.25, -0.2) is 0 Å². The molecule has 1 aromatic heterocycles. The molecule has 0 aliphatic heterocycles. The van der Waals surface area contributed by atoms with Crippen LogP contribution in [0.5, 0.6) is 0 Å². The molecule has 0 atom stereocenters. The van der Waals surface area contributed by atoms with Crippen molar-refractivity contribution in [3.8, 4) is 0 Å². The summed E-state index contributed by atoms with van der Waals surface area (Å²) >= 11 is 3.31. The zero-order valence-corrected chi connectivity index (χ0v) is 12.9. The van der Waals surface area contributed by atoms with Crippen LogP contribution in [0.4, 0.5) is 0 Å². The third-order valence-corrected chi connectivity index (χ3v) is 3.70. The number of benzene rings is 2. The lowest BCUT2D eigenvalue weighted by Gasteiger charge is -2.01. The third kappa shape index (κ3) is 2.76. The van der Waals surface area contributed by atoms with Crippen LogP contribution >= 0.6 is 15.9 Å². The molecule has 0 saturated carbocycles. The summed E-state index contributed by atoms with van der Waals surface area (Å²) in [5.41, 5.74) is 1.12. The van der Waals surface area contributed by atoms with Crippen LogP contribution in [0.3, 0.4) is 0 Å². The normalized spacial score (nSPS) is 10.4. The number of hydrogen-bond donors (Lipinski definition) is 0. The molecular formula is C17H10BrNO3. The molecule has 4 nitrogen and oxygen atoms in total. The fraction of sp³-hybridized carbons (Fsp3) is 0. The van der Waals surface area contributed by atoms with Crippen molar-refractivity contribution in [2.45, 2.75) is 0 Å². The number of aromatic nitrogens is 1. The van der Waals surface area contributed by atoms with Gasteiger partial charge in [0.1, 0.15) is 6.26 Å². The van der Waals surface area contributed by atoms with Gasteiger partial charge >= 0.3 is 0 Å². The van der Waals surface area contributed by atoms with Gasteiger partial charge < -0.3 is 4.52 Å². The average molecular weight is 356 g/mol. The number of carbonyl (C=O) groups excluding carboxylic acids is 2. The highest BCUT2D eigenvalue weighted by Gasteiger charge is 2.23. The van der Waals surface area contributed by atoms with Gasteiger partial charge in [0.2, 0.25) is 5.78 Å². The lowest BCUT2D eigenvalue weighted by Crippen LogP contribution is -2.10. The molecule has 0 unspecified atom stereocenters. The van der Waals surface area contributed by atoms with Crippen molar-refractivity contribution in [3.63, 3.8) is 0 Å². The van der Waals surface area contributed by atoms with Gasteiger partial charge in [0.05, 0.1) is 5.56 Å². The maximum atomic E-state index is 12.5. The van der Waals surface area contributed by atoms with Crippen molar-refractivity contribution in [1.82, 2.24) is 5.16 Å². The molecule has 0 saturated heterocycles. The first-order valence-corrected chi connectivity index (χ1v) is 7.30. The monoisotopic (exact) mass is 355 g/mol. The Kier molecular flexibility index (Phi) is 3.98. The van der Waals surface area contributed by atoms with Gasteiger partial charge in [0.15, 0.2) is 11.5 Å². The summed E-state index contributed by atoms with van der Waals surface area (Å²) in [6, 6.07) is 15.5. The molecule has 1 heterocycles. The predicted octanol–water partition coefficient (Wildman–Crippen LogP) is 3.90. The highest BCUT2D eigenvalue weighted by atomic mass is 79.9. The standard InChI is InChI=1S/C17H10BrNO3/c18-13-8-6-12(7-9-13)17(21)15-14(10-22-19-15)16(20)11-4-2-1-3-5-11/h1-10H. The Morgan fingerprint density at radius 1 is 0.864 bits per heavy atom. The fourth-order valence-electron chi connectivity index (χ4n) is 2.04. The average Bonchev–Trinajstić information content (AvgIpc) is 3.04. The number of nitrogens with zero attached hydrogens (tertiary/aromatic N) is 1. The molecular weight excluding hydrogens is 346 g/mol. The Labute approximate surface area is 134 Å². The van der Waals surface area contributed by atoms with Gasteiger partial charge in [-0.3, -0.25) is 9.59 Å². The Bertz CT molecular complexity index is 823. The van der Waals surface area contributed by atoms with E-state index in [-0.39, 0.29) is 22.8 Å². The maximum Gasteiger partial charge on any atom is 0.215 e. The second-order valence-corrected chi connectivity index (χ2v) is 5.52. The van der Waals surface area contributed by atoms with E-state index in [1.165, 1.54) is 6.26 Å². The summed E-state index contributed by atoms with van der Waals surface area (Å²) in [5.74, 6) is -0.636. The van der Waals surface area contributed by atoms with Crippen LogP contribution < -0.4 is 0 Å². The van der Waals surface area contributed by atoms with Gasteiger partial charge in [-0.05, 0) is 24.3 Å². The molecule has 2 aromatic carbocycles. The topological polar surface area (TPSA) is 60.2 Å². The smallest absolute Gasteiger partial charge is 0.215 e. The highest BCUT2D eigenvalue weighted by Crippen LogP contribution is 2.18. The van der Waals surface area contributed by atoms with Gasteiger partial charge in [0, 0.05) is 15.6 Å². The van der Waals surface area contributed by atoms with Crippen LogP contribution in [0.25, 0.3) is 0 Å². The van der Waals surface area contributed by atoms with E-state index in [0.29, 0.717) is 11.1 Å². The van der Waals surface area contributed by atoms with E-state index >= 15 is 0 Å². The molecule has 0 N–H and O–H groups in total. The fourth-order valence-corrected chi connectivity index (χ4v) is 2.31. The van der Waals surface area contributed by atoms with Crippen molar-refractivity contribution < 1.29 is 14.1 Å². The minimum atomic E-state index is -0.347. The summed E-state index contributed by atoms with van der Waals surface area (Å²) in [7, 11) is 0. The highest BCUT2D eigenvalue weighted by molar-refractivity contribution is 9.10. The van der Waals surface area contributed by atoms with E-state index in [4.69, 9.17) is 4.52 Å². The van der Waals surface area contributed by atoms with Crippen LogP contribution in [0.15, 0.2) is 69.9 Å². The van der Waals surface area contributed by atoms with Crippen LogP contribution in [-0.4, -0.2) is 16.7 Å². The molecule has 3 aromatic rings. The summed E-state index contributed by atoms with van der Waals surface area (Å²) in [6.45, 7) is 0. The van der Waals surface area contributed by atoms with E-state index in [1.807, 2.05) is 6.07 Å². The molecule has 0 fully saturated rings. The zero-order chi connectivity index (χ0) is 15.5. The molecule has 22 heavy (non-hydrogen) atoms. The molecule has 108 valence electrons. The number of hydrogen-bond acceptors (Lipinski definition) is 4. The third-order valence-electron chi connectivity index (χ3n) is 3.17. The van der Waals surface area contributed by atoms with E-state index < -0.39 is 0 Å². The van der Waals surface area contributed by atoms with Crippen LogP contribution in [0.1, 0.15) is 32.0 Å². The number of rotatable bonds is 4. The van der Waals surface area contributed by atoms with Gasteiger partial charge in [0.25, 0.3) is 0 Å². The van der Waals surface area contributed by atoms with Crippen molar-refractivity contribution in [2.75, 3.05) is 0 Å². The number of ketones is 2. The SMILES string of the molecule is O=C(c1ccccc1)c1conc1C(=O)c1ccc(Br)cc1. The summed E-state index contributed by atoms with van der Waals surface area (Å²) in [5, 5.41) is 3.70. The lowest BCUT2D eigenvalue weighted by molar-refractivity contribution is 0.1000. The first-order chi connectivity index (χ1) is 10.7. The minimum Gasteiger partial charge on any atom is -0.363 e. The van der Waals surface area contributed by atoms with Gasteiger partial charge in [-0.15, -0.1) is 0 Å². The van der Waals surface area contributed by atoms with Crippen molar-refractivity contribution >= 4 is 27.5 Å². The molecule has 0 spiro atoms. The molecule has 0 radical (unpaired) electrons. The Morgan fingerprint density at radius 2 is 1.50 bits per heavy atom. The van der Waals surface area contributed by atoms with Crippen molar-refractivity contribution in [2.24, 2.45) is 0 Å². The second-order valence-electron chi connectivity index (χ2n) is 4.61. The number of carbonyl (C=O) groups is 2. The lowest BCUT2D eigenvalue weighted by atomic mass is 10.00.